The molecule has 28 heavy (non-hydrogen) atoms. The molecule has 0 atom stereocenters. The van der Waals surface area contributed by atoms with Crippen molar-refractivity contribution in [3.8, 4) is 0 Å². The third-order valence-electron chi connectivity index (χ3n) is 5.18. The fourth-order valence-corrected chi connectivity index (χ4v) is 3.76. The lowest BCUT2D eigenvalue weighted by atomic mass is 9.84. The highest BCUT2D eigenvalue weighted by atomic mass is 127. The molecule has 6 nitrogen and oxygen atoms in total. The molecule has 158 valence electrons. The van der Waals surface area contributed by atoms with E-state index >= 15 is 0 Å². The van der Waals surface area contributed by atoms with Crippen LogP contribution in [0.2, 0.25) is 0 Å². The van der Waals surface area contributed by atoms with E-state index in [1.807, 2.05) is 33.2 Å². The molecule has 1 fully saturated rings. The number of carbonyl (C=O) groups excluding carboxylic acids is 1. The number of hydrogen-bond donors (Lipinski definition) is 2. The zero-order chi connectivity index (χ0) is 19.7. The van der Waals surface area contributed by atoms with Crippen molar-refractivity contribution in [3.63, 3.8) is 0 Å². The zero-order valence-corrected chi connectivity index (χ0v) is 19.9. The van der Waals surface area contributed by atoms with E-state index in [0.29, 0.717) is 19.7 Å². The number of aliphatic imine (C=N–C) groups is 1. The van der Waals surface area contributed by atoms with Gasteiger partial charge in [-0.3, -0.25) is 4.79 Å². The van der Waals surface area contributed by atoms with Crippen LogP contribution in [0.1, 0.15) is 43.7 Å². The summed E-state index contributed by atoms with van der Waals surface area (Å²) in [7, 11) is 5.39. The van der Waals surface area contributed by atoms with Crippen LogP contribution in [0.5, 0.6) is 0 Å². The lowest BCUT2D eigenvalue weighted by Crippen LogP contribution is -2.49. The first-order valence-electron chi connectivity index (χ1n) is 9.82. The zero-order valence-electron chi connectivity index (χ0n) is 17.6. The van der Waals surface area contributed by atoms with E-state index in [0.717, 1.165) is 49.3 Å². The molecule has 1 amide bonds. The van der Waals surface area contributed by atoms with E-state index in [-0.39, 0.29) is 35.3 Å². The summed E-state index contributed by atoms with van der Waals surface area (Å²) in [4.78, 5) is 19.2. The first-order valence-corrected chi connectivity index (χ1v) is 9.82. The van der Waals surface area contributed by atoms with Gasteiger partial charge in [0.1, 0.15) is 0 Å². The Morgan fingerprint density at radius 1 is 1.18 bits per heavy atom. The fraction of sp³-hybridized carbons (Fsp3) is 0.619. The second-order valence-corrected chi connectivity index (χ2v) is 7.44. The van der Waals surface area contributed by atoms with E-state index in [9.17, 15) is 4.79 Å². The number of nitrogens with one attached hydrogen (secondary N) is 2. The number of guanidine groups is 1. The molecule has 1 aliphatic carbocycles. The lowest BCUT2D eigenvalue weighted by molar-refractivity contribution is -0.138. The molecular weight excluding hydrogens is 467 g/mol. The van der Waals surface area contributed by atoms with Crippen molar-refractivity contribution in [1.29, 1.82) is 0 Å². The average Bonchev–Trinajstić information content (AvgIpc) is 3.14. The van der Waals surface area contributed by atoms with Gasteiger partial charge in [0.05, 0.1) is 18.6 Å². The van der Waals surface area contributed by atoms with E-state index in [2.05, 4.69) is 22.8 Å². The highest BCUT2D eigenvalue weighted by Crippen LogP contribution is 2.38. The van der Waals surface area contributed by atoms with Crippen LogP contribution < -0.4 is 10.6 Å². The molecule has 7 heteroatoms. The summed E-state index contributed by atoms with van der Waals surface area (Å²) in [6.45, 7) is 4.60. The normalized spacial score (nSPS) is 15.6. The largest absolute Gasteiger partial charge is 0.380 e. The summed E-state index contributed by atoms with van der Waals surface area (Å²) in [6, 6.07) is 8.18. The van der Waals surface area contributed by atoms with Crippen LogP contribution >= 0.6 is 24.0 Å². The van der Waals surface area contributed by atoms with Crippen molar-refractivity contribution in [2.24, 2.45) is 10.4 Å². The SMILES string of the molecule is CCNC(=NCc1ccccc1COC)NCC1(C(=O)N(C)C)CCCC1.I. The Morgan fingerprint density at radius 3 is 2.39 bits per heavy atom. The fourth-order valence-electron chi connectivity index (χ4n) is 3.76. The summed E-state index contributed by atoms with van der Waals surface area (Å²) >= 11 is 0. The molecule has 0 radical (unpaired) electrons. The van der Waals surface area contributed by atoms with Crippen LogP contribution in [0.25, 0.3) is 0 Å². The smallest absolute Gasteiger partial charge is 0.230 e. The van der Waals surface area contributed by atoms with Gasteiger partial charge in [0, 0.05) is 34.3 Å². The Morgan fingerprint density at radius 2 is 1.82 bits per heavy atom. The predicted octanol–water partition coefficient (Wildman–Crippen LogP) is 3.15. The number of nitrogens with zero attached hydrogens (tertiary/aromatic N) is 2. The lowest BCUT2D eigenvalue weighted by Gasteiger charge is -2.31. The van der Waals surface area contributed by atoms with Gasteiger partial charge in [-0.2, -0.15) is 0 Å². The molecule has 0 bridgehead atoms. The van der Waals surface area contributed by atoms with E-state index in [1.54, 1.807) is 12.0 Å². The molecular formula is C21H35IN4O2. The first-order chi connectivity index (χ1) is 13.0. The maximum absolute atomic E-state index is 12.7. The number of carbonyl (C=O) groups is 1. The van der Waals surface area contributed by atoms with Crippen molar-refractivity contribution in [1.82, 2.24) is 15.5 Å². The quantitative estimate of drug-likeness (QED) is 0.326. The topological polar surface area (TPSA) is 66.0 Å². The summed E-state index contributed by atoms with van der Waals surface area (Å²) in [5.41, 5.74) is 1.99. The Bertz CT molecular complexity index is 643. The standard InChI is InChI=1S/C21H34N4O2.HI/c1-5-22-20(23-14-17-10-6-7-11-18(17)15-27-4)24-16-21(12-8-9-13-21)19(26)25(2)3;/h6-7,10-11H,5,8-9,12-16H2,1-4H3,(H2,22,23,24);1H. The first kappa shape index (κ1) is 24.7. The maximum Gasteiger partial charge on any atom is 0.230 e. The minimum atomic E-state index is -0.312. The second-order valence-electron chi connectivity index (χ2n) is 7.44. The number of benzene rings is 1. The monoisotopic (exact) mass is 502 g/mol. The van der Waals surface area contributed by atoms with Crippen LogP contribution in [0.15, 0.2) is 29.3 Å². The second kappa shape index (κ2) is 12.3. The molecule has 0 unspecified atom stereocenters. The predicted molar refractivity (Wildman–Crippen MR) is 125 cm³/mol. The number of methoxy groups -OCH3 is 1. The van der Waals surface area contributed by atoms with Gasteiger partial charge in [-0.25, -0.2) is 4.99 Å². The van der Waals surface area contributed by atoms with Crippen LogP contribution in [-0.2, 0) is 22.7 Å². The van der Waals surface area contributed by atoms with Crippen LogP contribution in [0, 0.1) is 5.41 Å². The summed E-state index contributed by atoms with van der Waals surface area (Å²) < 4.78 is 5.28. The minimum absolute atomic E-state index is 0. The number of hydrogen-bond acceptors (Lipinski definition) is 3. The Balaban J connectivity index is 0.00000392. The summed E-state index contributed by atoms with van der Waals surface area (Å²) in [6.07, 6.45) is 4.10. The maximum atomic E-state index is 12.7. The van der Waals surface area contributed by atoms with Crippen molar-refractivity contribution < 1.29 is 9.53 Å². The Kier molecular flexibility index (Phi) is 10.8. The number of amides is 1. The Hall–Kier alpha value is -1.35. The Labute approximate surface area is 186 Å². The summed E-state index contributed by atoms with van der Waals surface area (Å²) in [5.74, 6) is 0.969. The average molecular weight is 502 g/mol. The van der Waals surface area contributed by atoms with Gasteiger partial charge in [-0.1, -0.05) is 37.1 Å². The van der Waals surface area contributed by atoms with Gasteiger partial charge in [0.2, 0.25) is 5.91 Å². The number of halogens is 1. The molecule has 2 N–H and O–H groups in total. The van der Waals surface area contributed by atoms with Gasteiger partial charge in [-0.05, 0) is 30.9 Å². The van der Waals surface area contributed by atoms with Gasteiger partial charge in [0.25, 0.3) is 0 Å². The van der Waals surface area contributed by atoms with E-state index < -0.39 is 0 Å². The molecule has 1 aromatic carbocycles. The molecule has 1 aromatic rings. The molecule has 0 heterocycles. The van der Waals surface area contributed by atoms with E-state index in [1.165, 1.54) is 0 Å². The van der Waals surface area contributed by atoms with Crippen molar-refractivity contribution in [2.75, 3.05) is 34.3 Å². The third-order valence-corrected chi connectivity index (χ3v) is 5.18. The van der Waals surface area contributed by atoms with Crippen LogP contribution in [-0.4, -0.2) is 51.1 Å². The van der Waals surface area contributed by atoms with Crippen molar-refractivity contribution in [3.05, 3.63) is 35.4 Å². The van der Waals surface area contributed by atoms with Gasteiger partial charge >= 0.3 is 0 Å². The molecule has 0 spiro atoms. The highest BCUT2D eigenvalue weighted by Gasteiger charge is 2.42. The van der Waals surface area contributed by atoms with Crippen molar-refractivity contribution in [2.45, 2.75) is 45.8 Å². The van der Waals surface area contributed by atoms with E-state index in [4.69, 9.17) is 9.73 Å². The summed E-state index contributed by atoms with van der Waals surface area (Å²) in [5, 5.41) is 6.72. The van der Waals surface area contributed by atoms with Gasteiger partial charge in [0.15, 0.2) is 5.96 Å². The third kappa shape index (κ3) is 6.62. The van der Waals surface area contributed by atoms with Crippen molar-refractivity contribution >= 4 is 35.8 Å². The highest BCUT2D eigenvalue weighted by molar-refractivity contribution is 14.0. The molecule has 0 aliphatic heterocycles. The molecule has 0 aromatic heterocycles. The van der Waals surface area contributed by atoms with Gasteiger partial charge in [-0.15, -0.1) is 24.0 Å². The minimum Gasteiger partial charge on any atom is -0.380 e. The molecule has 2 rings (SSSR count). The number of rotatable bonds is 8. The van der Waals surface area contributed by atoms with Crippen LogP contribution in [0.4, 0.5) is 0 Å². The molecule has 1 saturated carbocycles. The molecule has 0 saturated heterocycles. The van der Waals surface area contributed by atoms with Crippen LogP contribution in [0.3, 0.4) is 0 Å². The van der Waals surface area contributed by atoms with Gasteiger partial charge < -0.3 is 20.3 Å². The number of ether oxygens (including phenoxy) is 1. The molecule has 1 aliphatic rings.